The number of pyridine rings is 2. The van der Waals surface area contributed by atoms with E-state index in [0.29, 0.717) is 0 Å². The van der Waals surface area contributed by atoms with Crippen LogP contribution in [0.5, 0.6) is 0 Å². The molecule has 0 unspecified atom stereocenters. The third kappa shape index (κ3) is 4.69. The lowest BCUT2D eigenvalue weighted by atomic mass is 10.0. The zero-order chi connectivity index (χ0) is 41.2. The lowest BCUT2D eigenvalue weighted by molar-refractivity contribution is 1.18. The molecule has 0 aliphatic carbocycles. The van der Waals surface area contributed by atoms with Gasteiger partial charge in [-0.15, -0.1) is 0 Å². The summed E-state index contributed by atoms with van der Waals surface area (Å²) in [5, 5.41) is 10.7. The predicted molar refractivity (Wildman–Crippen MR) is 263 cm³/mol. The van der Waals surface area contributed by atoms with Gasteiger partial charge >= 0.3 is 0 Å². The number of benzene rings is 8. The standard InChI is InChI=1S/C58H36N4Si/c1-5-19-51-41(13-1)42-14-2-6-20-52(42)61(51)39-25-29-47-48-30-26-40(62-53-21-7-3-15-43(53)44-16-4-8-22-54(44)62)36-58(48)63(57(47)35-39)55-33-37(49-17-9-11-31-59-49)23-27-45(55)46-28-24-38(34-56(46)63)50-18-10-12-32-60-50/h1-36H. The molecule has 2 aliphatic heterocycles. The quantitative estimate of drug-likeness (QED) is 0.166. The van der Waals surface area contributed by atoms with Crippen molar-refractivity contribution in [2.24, 2.45) is 0 Å². The Morgan fingerprint density at radius 2 is 0.635 bits per heavy atom. The van der Waals surface area contributed by atoms with E-state index in [9.17, 15) is 0 Å². The van der Waals surface area contributed by atoms with Gasteiger partial charge in [0.1, 0.15) is 0 Å². The van der Waals surface area contributed by atoms with Crippen LogP contribution in [0.4, 0.5) is 0 Å². The minimum atomic E-state index is -3.12. The molecule has 0 N–H and O–H groups in total. The highest BCUT2D eigenvalue weighted by Gasteiger charge is 2.54. The summed E-state index contributed by atoms with van der Waals surface area (Å²) >= 11 is 0. The average Bonchev–Trinajstić information content (AvgIpc) is 4.06. The molecule has 63 heavy (non-hydrogen) atoms. The summed E-state index contributed by atoms with van der Waals surface area (Å²) in [6, 6.07) is 76.7. The maximum atomic E-state index is 4.89. The Hall–Kier alpha value is -8.12. The molecule has 6 heterocycles. The van der Waals surface area contributed by atoms with Gasteiger partial charge in [0.2, 0.25) is 0 Å². The highest BCUT2D eigenvalue weighted by Crippen LogP contribution is 2.41. The lowest BCUT2D eigenvalue weighted by Crippen LogP contribution is -2.71. The van der Waals surface area contributed by atoms with Gasteiger partial charge in [-0.2, -0.15) is 0 Å². The molecule has 8 aromatic carbocycles. The van der Waals surface area contributed by atoms with E-state index < -0.39 is 8.07 Å². The molecule has 0 bridgehead atoms. The van der Waals surface area contributed by atoms with Crippen molar-refractivity contribution >= 4 is 72.4 Å². The predicted octanol–water partition coefficient (Wildman–Crippen LogP) is 11.3. The van der Waals surface area contributed by atoms with E-state index in [0.717, 1.165) is 22.5 Å². The summed E-state index contributed by atoms with van der Waals surface area (Å²) in [5.41, 5.74) is 16.6. The molecule has 5 heteroatoms. The number of hydrogen-bond acceptors (Lipinski definition) is 2. The molecule has 1 spiro atoms. The molecule has 4 aromatic heterocycles. The van der Waals surface area contributed by atoms with Gasteiger partial charge in [-0.05, 0) is 116 Å². The SMILES string of the molecule is c1ccc(-c2ccc3c(c2)[Si]2(c4cc(-c5ccccn5)ccc4-3)c3cc(-n4c5ccccc5c5ccccc54)ccc3-c3ccc(-n4c5ccccc5c5ccccc54)cc32)nc1. The first-order valence-corrected chi connectivity index (χ1v) is 23.6. The second kappa shape index (κ2) is 12.9. The normalized spacial score (nSPS) is 13.2. The Labute approximate surface area is 364 Å². The Morgan fingerprint density at radius 3 is 1.00 bits per heavy atom. The molecule has 0 amide bonds. The molecule has 14 rings (SSSR count). The highest BCUT2D eigenvalue weighted by molar-refractivity contribution is 7.24. The van der Waals surface area contributed by atoms with Crippen molar-refractivity contribution in [1.82, 2.24) is 19.1 Å². The van der Waals surface area contributed by atoms with Crippen molar-refractivity contribution in [2.45, 2.75) is 0 Å². The first-order chi connectivity index (χ1) is 31.3. The molecule has 0 radical (unpaired) electrons. The van der Waals surface area contributed by atoms with Crippen molar-refractivity contribution < 1.29 is 0 Å². The number of para-hydroxylation sites is 4. The molecule has 0 saturated carbocycles. The third-order valence-corrected chi connectivity index (χ3v) is 18.7. The van der Waals surface area contributed by atoms with Crippen LogP contribution in [0.3, 0.4) is 0 Å². The van der Waals surface area contributed by atoms with Crippen LogP contribution < -0.4 is 20.7 Å². The number of aromatic nitrogens is 4. The van der Waals surface area contributed by atoms with Crippen molar-refractivity contribution in [3.63, 3.8) is 0 Å². The summed E-state index contributed by atoms with van der Waals surface area (Å²) in [7, 11) is -3.12. The fraction of sp³-hybridized carbons (Fsp3) is 0. The van der Waals surface area contributed by atoms with Gasteiger partial charge in [-0.3, -0.25) is 9.97 Å². The van der Waals surface area contributed by atoms with Gasteiger partial charge in [-0.1, -0.05) is 133 Å². The van der Waals surface area contributed by atoms with Crippen LogP contribution >= 0.6 is 0 Å². The van der Waals surface area contributed by atoms with E-state index in [1.54, 1.807) is 0 Å². The first-order valence-electron chi connectivity index (χ1n) is 21.6. The maximum absolute atomic E-state index is 4.89. The van der Waals surface area contributed by atoms with E-state index in [2.05, 4.69) is 203 Å². The van der Waals surface area contributed by atoms with Gasteiger partial charge in [-0.25, -0.2) is 0 Å². The largest absolute Gasteiger partial charge is 0.309 e. The second-order valence-electron chi connectivity index (χ2n) is 16.9. The molecule has 292 valence electrons. The maximum Gasteiger partial charge on any atom is 0.182 e. The highest BCUT2D eigenvalue weighted by atomic mass is 28.3. The van der Waals surface area contributed by atoms with Gasteiger partial charge in [0.05, 0.1) is 33.5 Å². The lowest BCUT2D eigenvalue weighted by Gasteiger charge is -2.29. The van der Waals surface area contributed by atoms with Gasteiger partial charge in [0.25, 0.3) is 0 Å². The third-order valence-electron chi connectivity index (χ3n) is 13.8. The van der Waals surface area contributed by atoms with E-state index in [1.165, 1.54) is 98.0 Å². The van der Waals surface area contributed by atoms with Gasteiger partial charge in [0, 0.05) is 56.4 Å². The topological polar surface area (TPSA) is 35.6 Å². The zero-order valence-electron chi connectivity index (χ0n) is 34.1. The summed E-state index contributed by atoms with van der Waals surface area (Å²) in [5.74, 6) is 0. The van der Waals surface area contributed by atoms with Crippen molar-refractivity contribution in [3.05, 3.63) is 219 Å². The van der Waals surface area contributed by atoms with Crippen LogP contribution in [0.2, 0.25) is 0 Å². The first kappa shape index (κ1) is 34.6. The van der Waals surface area contributed by atoms with Crippen molar-refractivity contribution in [1.29, 1.82) is 0 Å². The molecule has 12 aromatic rings. The molecule has 0 fully saturated rings. The summed E-state index contributed by atoms with van der Waals surface area (Å²) in [6.45, 7) is 0. The molecule has 4 nitrogen and oxygen atoms in total. The van der Waals surface area contributed by atoms with Crippen LogP contribution in [0.15, 0.2) is 219 Å². The number of rotatable bonds is 4. The zero-order valence-corrected chi connectivity index (χ0v) is 35.1. The fourth-order valence-electron chi connectivity index (χ4n) is 11.3. The van der Waals surface area contributed by atoms with E-state index >= 15 is 0 Å². The minimum Gasteiger partial charge on any atom is -0.309 e. The Bertz CT molecular complexity index is 3500. The summed E-state index contributed by atoms with van der Waals surface area (Å²) < 4.78 is 4.95. The average molecular weight is 817 g/mol. The molecule has 0 atom stereocenters. The number of hydrogen-bond donors (Lipinski definition) is 0. The van der Waals surface area contributed by atoms with E-state index in [-0.39, 0.29) is 0 Å². The van der Waals surface area contributed by atoms with Crippen molar-refractivity contribution in [3.8, 4) is 56.1 Å². The van der Waals surface area contributed by atoms with Crippen LogP contribution in [-0.2, 0) is 0 Å². The molecular weight excluding hydrogens is 781 g/mol. The van der Waals surface area contributed by atoms with Crippen LogP contribution in [0.25, 0.3) is 99.8 Å². The molecular formula is C58H36N4Si. The fourth-order valence-corrected chi connectivity index (χ4v) is 17.0. The number of nitrogens with zero attached hydrogens (tertiary/aromatic N) is 4. The smallest absolute Gasteiger partial charge is 0.182 e. The van der Waals surface area contributed by atoms with Gasteiger partial charge < -0.3 is 9.13 Å². The minimum absolute atomic E-state index is 0.978. The Balaban J connectivity index is 1.13. The van der Waals surface area contributed by atoms with E-state index in [4.69, 9.17) is 9.97 Å². The second-order valence-corrected chi connectivity index (χ2v) is 20.6. The van der Waals surface area contributed by atoms with Crippen LogP contribution in [0, 0.1) is 0 Å². The van der Waals surface area contributed by atoms with E-state index in [1.807, 2.05) is 24.5 Å². The Morgan fingerprint density at radius 1 is 0.302 bits per heavy atom. The van der Waals surface area contributed by atoms with Crippen LogP contribution in [-0.4, -0.2) is 27.2 Å². The van der Waals surface area contributed by atoms with Gasteiger partial charge in [0.15, 0.2) is 8.07 Å². The molecule has 2 aliphatic rings. The summed E-state index contributed by atoms with van der Waals surface area (Å²) in [4.78, 5) is 9.79. The number of fused-ring (bicyclic) bond motifs is 16. The monoisotopic (exact) mass is 816 g/mol. The van der Waals surface area contributed by atoms with Crippen LogP contribution in [0.1, 0.15) is 0 Å². The molecule has 0 saturated heterocycles. The Kier molecular flexibility index (Phi) is 7.10. The summed E-state index contributed by atoms with van der Waals surface area (Å²) in [6.07, 6.45) is 3.81. The van der Waals surface area contributed by atoms with Crippen molar-refractivity contribution in [2.75, 3.05) is 0 Å².